The van der Waals surface area contributed by atoms with Crippen molar-refractivity contribution in [3.63, 3.8) is 0 Å². The maximum Gasteiger partial charge on any atom is 0.127 e. The second kappa shape index (κ2) is 5.39. The molecule has 0 aliphatic carbocycles. The van der Waals surface area contributed by atoms with Crippen LogP contribution in [0.4, 0.5) is 0 Å². The van der Waals surface area contributed by atoms with Crippen LogP contribution < -0.4 is 10.1 Å². The molecule has 0 saturated carbocycles. The largest absolute Gasteiger partial charge is 0.488 e. The summed E-state index contributed by atoms with van der Waals surface area (Å²) in [5.74, 6) is 1.01. The minimum absolute atomic E-state index is 0. The van der Waals surface area contributed by atoms with Crippen molar-refractivity contribution in [1.29, 1.82) is 0 Å². The van der Waals surface area contributed by atoms with Gasteiger partial charge in [0.1, 0.15) is 11.9 Å². The monoisotopic (exact) mass is 249 g/mol. The van der Waals surface area contributed by atoms with Crippen molar-refractivity contribution in [1.82, 2.24) is 5.32 Å². The Morgan fingerprint density at radius 3 is 2.71 bits per heavy atom. The smallest absolute Gasteiger partial charge is 0.127 e. The Hall–Kier alpha value is -1.25. The first-order valence-corrected chi connectivity index (χ1v) is 5.78. The molecule has 1 N–H and O–H groups in total. The summed E-state index contributed by atoms with van der Waals surface area (Å²) in [7, 11) is 0. The first kappa shape index (κ1) is 12.2. The van der Waals surface area contributed by atoms with Gasteiger partial charge in [0.15, 0.2) is 0 Å². The summed E-state index contributed by atoms with van der Waals surface area (Å²) in [5, 5.41) is 5.76. The summed E-state index contributed by atoms with van der Waals surface area (Å²) < 4.78 is 6.03. The molecule has 1 aliphatic heterocycles. The first-order valence-electron chi connectivity index (χ1n) is 5.78. The summed E-state index contributed by atoms with van der Waals surface area (Å²) in [6.07, 6.45) is 1.43. The molecule has 3 heteroatoms. The van der Waals surface area contributed by atoms with Gasteiger partial charge in [0.05, 0.1) is 0 Å². The van der Waals surface area contributed by atoms with E-state index < -0.39 is 0 Å². The van der Waals surface area contributed by atoms with Gasteiger partial charge in [0.2, 0.25) is 0 Å². The van der Waals surface area contributed by atoms with Crippen LogP contribution in [-0.2, 0) is 0 Å². The molecule has 1 aliphatic rings. The summed E-state index contributed by atoms with van der Waals surface area (Å²) >= 11 is 0. The molecule has 0 radical (unpaired) electrons. The second-order valence-electron chi connectivity index (χ2n) is 4.21. The maximum absolute atomic E-state index is 6.03. The maximum atomic E-state index is 6.03. The van der Waals surface area contributed by atoms with Crippen LogP contribution in [0.15, 0.2) is 42.5 Å². The highest BCUT2D eigenvalue weighted by atomic mass is 35.5. The predicted molar refractivity (Wildman–Crippen MR) is 73.1 cm³/mol. The van der Waals surface area contributed by atoms with E-state index in [1.807, 2.05) is 0 Å². The van der Waals surface area contributed by atoms with Gasteiger partial charge in [0.25, 0.3) is 0 Å². The Morgan fingerprint density at radius 1 is 1.06 bits per heavy atom. The lowest BCUT2D eigenvalue weighted by molar-refractivity contribution is 0.226. The van der Waals surface area contributed by atoms with E-state index >= 15 is 0 Å². The van der Waals surface area contributed by atoms with E-state index in [4.69, 9.17) is 4.74 Å². The van der Waals surface area contributed by atoms with Crippen molar-refractivity contribution in [2.45, 2.75) is 12.5 Å². The van der Waals surface area contributed by atoms with E-state index in [9.17, 15) is 0 Å². The fourth-order valence-corrected chi connectivity index (χ4v) is 2.21. The van der Waals surface area contributed by atoms with Crippen LogP contribution in [-0.4, -0.2) is 19.2 Å². The predicted octanol–water partition coefficient (Wildman–Crippen LogP) is 3.00. The number of hydrogen-bond acceptors (Lipinski definition) is 2. The van der Waals surface area contributed by atoms with Crippen molar-refractivity contribution in [2.24, 2.45) is 0 Å². The molecular weight excluding hydrogens is 234 g/mol. The van der Waals surface area contributed by atoms with E-state index in [1.54, 1.807) is 0 Å². The zero-order valence-corrected chi connectivity index (χ0v) is 10.4. The molecule has 2 aromatic rings. The van der Waals surface area contributed by atoms with Gasteiger partial charge >= 0.3 is 0 Å². The standard InChI is InChI=1S/C14H15NO.ClH/c1-2-6-13-11(4-1)5-3-7-14(13)16-12-8-9-15-10-12;/h1-7,12,15H,8-10H2;1H/t12-;/m0./s1. The average Bonchev–Trinajstić information content (AvgIpc) is 2.82. The molecule has 90 valence electrons. The summed E-state index contributed by atoms with van der Waals surface area (Å²) in [4.78, 5) is 0. The molecule has 0 unspecified atom stereocenters. The third-order valence-corrected chi connectivity index (χ3v) is 3.06. The zero-order valence-electron chi connectivity index (χ0n) is 9.56. The SMILES string of the molecule is Cl.c1ccc2c(O[C@H]3CCNC3)cccc2c1. The lowest BCUT2D eigenvalue weighted by Crippen LogP contribution is -2.19. The van der Waals surface area contributed by atoms with E-state index in [0.717, 1.165) is 25.3 Å². The van der Waals surface area contributed by atoms with Crippen molar-refractivity contribution in [2.75, 3.05) is 13.1 Å². The number of hydrogen-bond donors (Lipinski definition) is 1. The molecule has 0 spiro atoms. The summed E-state index contributed by atoms with van der Waals surface area (Å²) in [5.41, 5.74) is 0. The zero-order chi connectivity index (χ0) is 10.8. The quantitative estimate of drug-likeness (QED) is 0.884. The Labute approximate surface area is 107 Å². The van der Waals surface area contributed by atoms with Crippen molar-refractivity contribution in [3.8, 4) is 5.75 Å². The fraction of sp³-hybridized carbons (Fsp3) is 0.286. The molecule has 17 heavy (non-hydrogen) atoms. The molecule has 1 fully saturated rings. The summed E-state index contributed by atoms with van der Waals surface area (Å²) in [6.45, 7) is 2.03. The molecule has 2 nitrogen and oxygen atoms in total. The van der Waals surface area contributed by atoms with Crippen LogP contribution in [0, 0.1) is 0 Å². The lowest BCUT2D eigenvalue weighted by Gasteiger charge is -2.14. The normalized spacial score (nSPS) is 18.9. The average molecular weight is 250 g/mol. The van der Waals surface area contributed by atoms with E-state index in [-0.39, 0.29) is 12.4 Å². The molecule has 0 amide bonds. The Kier molecular flexibility index (Phi) is 3.87. The molecule has 0 aromatic heterocycles. The minimum atomic E-state index is 0. The summed E-state index contributed by atoms with van der Waals surface area (Å²) in [6, 6.07) is 14.6. The number of ether oxygens (including phenoxy) is 1. The van der Waals surface area contributed by atoms with Gasteiger partial charge in [-0.15, -0.1) is 12.4 Å². The molecule has 1 atom stereocenters. The molecule has 0 bridgehead atoms. The van der Waals surface area contributed by atoms with Crippen LogP contribution in [0.2, 0.25) is 0 Å². The molecule has 1 saturated heterocycles. The molecular formula is C14H16ClNO. The van der Waals surface area contributed by atoms with Gasteiger partial charge in [0, 0.05) is 11.9 Å². The molecule has 1 heterocycles. The highest BCUT2D eigenvalue weighted by molar-refractivity contribution is 5.88. The van der Waals surface area contributed by atoms with Gasteiger partial charge in [-0.05, 0) is 24.4 Å². The van der Waals surface area contributed by atoms with E-state index in [2.05, 4.69) is 47.8 Å². The van der Waals surface area contributed by atoms with Crippen LogP contribution in [0.25, 0.3) is 10.8 Å². The number of rotatable bonds is 2. The second-order valence-corrected chi connectivity index (χ2v) is 4.21. The number of halogens is 1. The number of nitrogens with one attached hydrogen (secondary N) is 1. The lowest BCUT2D eigenvalue weighted by atomic mass is 10.1. The van der Waals surface area contributed by atoms with Crippen molar-refractivity contribution < 1.29 is 4.74 Å². The third kappa shape index (κ3) is 2.54. The van der Waals surface area contributed by atoms with Gasteiger partial charge in [-0.1, -0.05) is 36.4 Å². The van der Waals surface area contributed by atoms with Crippen LogP contribution in [0.1, 0.15) is 6.42 Å². The highest BCUT2D eigenvalue weighted by Crippen LogP contribution is 2.26. The van der Waals surface area contributed by atoms with E-state index in [0.29, 0.717) is 6.10 Å². The van der Waals surface area contributed by atoms with Crippen LogP contribution in [0.5, 0.6) is 5.75 Å². The fourth-order valence-electron chi connectivity index (χ4n) is 2.21. The van der Waals surface area contributed by atoms with Gasteiger partial charge in [-0.25, -0.2) is 0 Å². The van der Waals surface area contributed by atoms with E-state index in [1.165, 1.54) is 10.8 Å². The van der Waals surface area contributed by atoms with Crippen molar-refractivity contribution >= 4 is 23.2 Å². The van der Waals surface area contributed by atoms with Crippen LogP contribution in [0.3, 0.4) is 0 Å². The Balaban J connectivity index is 0.00000108. The highest BCUT2D eigenvalue weighted by Gasteiger charge is 2.16. The third-order valence-electron chi connectivity index (χ3n) is 3.06. The van der Waals surface area contributed by atoms with Gasteiger partial charge < -0.3 is 10.1 Å². The number of fused-ring (bicyclic) bond motifs is 1. The topological polar surface area (TPSA) is 21.3 Å². The molecule has 3 rings (SSSR count). The van der Waals surface area contributed by atoms with Gasteiger partial charge in [-0.3, -0.25) is 0 Å². The Bertz CT molecular complexity index is 489. The first-order chi connectivity index (χ1) is 7.93. The van der Waals surface area contributed by atoms with Gasteiger partial charge in [-0.2, -0.15) is 0 Å². The Morgan fingerprint density at radius 2 is 1.88 bits per heavy atom. The number of benzene rings is 2. The minimum Gasteiger partial charge on any atom is -0.488 e. The van der Waals surface area contributed by atoms with Crippen LogP contribution >= 0.6 is 12.4 Å². The molecule has 2 aromatic carbocycles. The van der Waals surface area contributed by atoms with Crippen molar-refractivity contribution in [3.05, 3.63) is 42.5 Å².